The Kier molecular flexibility index (Phi) is 7.09. The molecule has 0 heterocycles. The zero-order valence-electron chi connectivity index (χ0n) is 17.9. The quantitative estimate of drug-likeness (QED) is 0.552. The van der Waals surface area contributed by atoms with Crippen molar-refractivity contribution in [2.75, 3.05) is 23.3 Å². The molecule has 0 aliphatic carbocycles. The van der Waals surface area contributed by atoms with Crippen molar-refractivity contribution in [3.05, 3.63) is 95.1 Å². The van der Waals surface area contributed by atoms with E-state index in [1.807, 2.05) is 43.4 Å². The van der Waals surface area contributed by atoms with Crippen LogP contribution in [-0.4, -0.2) is 32.5 Å². The molecule has 0 atom stereocenters. The average molecular weight is 438 g/mol. The molecule has 0 unspecified atom stereocenters. The van der Waals surface area contributed by atoms with E-state index in [0.717, 1.165) is 23.9 Å². The van der Waals surface area contributed by atoms with Crippen molar-refractivity contribution in [3.63, 3.8) is 0 Å². The summed E-state index contributed by atoms with van der Waals surface area (Å²) in [6.07, 6.45) is 1.10. The number of nitrogens with one attached hydrogen (secondary N) is 2. The number of sulfonamides is 1. The molecule has 0 spiro atoms. The van der Waals surface area contributed by atoms with Crippen LogP contribution >= 0.6 is 0 Å². The fourth-order valence-corrected chi connectivity index (χ4v) is 3.91. The number of hydrogen-bond acceptors (Lipinski definition) is 4. The number of hydrogen-bond donors (Lipinski definition) is 2. The van der Waals surface area contributed by atoms with Crippen molar-refractivity contribution < 1.29 is 13.2 Å². The minimum Gasteiger partial charge on any atom is -0.322 e. The first-order valence-electron chi connectivity index (χ1n) is 9.91. The number of nitrogens with zero attached hydrogens (tertiary/aromatic N) is 1. The SMILES string of the molecule is Cc1ccc(NC(=O)c2cccc(CN(C)Cc3ccccc3)c2)cc1NS(C)(=O)=O. The Balaban J connectivity index is 1.68. The van der Waals surface area contributed by atoms with E-state index in [-0.39, 0.29) is 5.91 Å². The van der Waals surface area contributed by atoms with Gasteiger partial charge in [-0.15, -0.1) is 0 Å². The van der Waals surface area contributed by atoms with Crippen LogP contribution in [0.5, 0.6) is 0 Å². The zero-order chi connectivity index (χ0) is 22.4. The molecule has 31 heavy (non-hydrogen) atoms. The number of anilines is 2. The number of benzene rings is 3. The summed E-state index contributed by atoms with van der Waals surface area (Å²) >= 11 is 0. The summed E-state index contributed by atoms with van der Waals surface area (Å²) in [6, 6.07) is 22.9. The third kappa shape index (κ3) is 6.94. The number of amides is 1. The first kappa shape index (κ1) is 22.5. The van der Waals surface area contributed by atoms with Gasteiger partial charge in [0.25, 0.3) is 5.91 Å². The molecule has 2 N–H and O–H groups in total. The van der Waals surface area contributed by atoms with E-state index in [9.17, 15) is 13.2 Å². The molecule has 0 saturated carbocycles. The van der Waals surface area contributed by atoms with Crippen LogP contribution in [-0.2, 0) is 23.1 Å². The molecule has 0 aromatic heterocycles. The summed E-state index contributed by atoms with van der Waals surface area (Å²) in [5.41, 5.74) is 4.55. The van der Waals surface area contributed by atoms with Gasteiger partial charge in [-0.05, 0) is 54.9 Å². The molecule has 0 fully saturated rings. The number of carbonyl (C=O) groups is 1. The van der Waals surface area contributed by atoms with E-state index >= 15 is 0 Å². The molecule has 0 saturated heterocycles. The van der Waals surface area contributed by atoms with Gasteiger partial charge in [-0.1, -0.05) is 48.5 Å². The van der Waals surface area contributed by atoms with E-state index < -0.39 is 10.0 Å². The van der Waals surface area contributed by atoms with Gasteiger partial charge in [0.2, 0.25) is 10.0 Å². The molecule has 3 aromatic rings. The molecular weight excluding hydrogens is 410 g/mol. The third-order valence-electron chi connectivity index (χ3n) is 4.73. The van der Waals surface area contributed by atoms with Gasteiger partial charge in [-0.3, -0.25) is 14.4 Å². The molecule has 0 aliphatic heterocycles. The fraction of sp³-hybridized carbons (Fsp3) is 0.208. The molecule has 162 valence electrons. The summed E-state index contributed by atoms with van der Waals surface area (Å²) in [7, 11) is -1.36. The molecule has 0 bridgehead atoms. The summed E-state index contributed by atoms with van der Waals surface area (Å²) in [5, 5.41) is 2.84. The van der Waals surface area contributed by atoms with Crippen molar-refractivity contribution in [1.29, 1.82) is 0 Å². The Bertz CT molecular complexity index is 1160. The molecule has 0 aliphatic rings. The monoisotopic (exact) mass is 437 g/mol. The maximum absolute atomic E-state index is 12.8. The molecule has 6 nitrogen and oxygen atoms in total. The number of rotatable bonds is 8. The Hall–Kier alpha value is -3.16. The lowest BCUT2D eigenvalue weighted by molar-refractivity contribution is 0.102. The molecule has 7 heteroatoms. The number of aryl methyl sites for hydroxylation is 1. The van der Waals surface area contributed by atoms with Gasteiger partial charge in [-0.25, -0.2) is 8.42 Å². The second-order valence-electron chi connectivity index (χ2n) is 7.72. The van der Waals surface area contributed by atoms with Gasteiger partial charge in [-0.2, -0.15) is 0 Å². The lowest BCUT2D eigenvalue weighted by Crippen LogP contribution is -2.18. The summed E-state index contributed by atoms with van der Waals surface area (Å²) in [6.45, 7) is 3.33. The summed E-state index contributed by atoms with van der Waals surface area (Å²) < 4.78 is 25.6. The normalized spacial score (nSPS) is 11.4. The Labute approximate surface area is 184 Å². The highest BCUT2D eigenvalue weighted by Crippen LogP contribution is 2.22. The van der Waals surface area contributed by atoms with Crippen LogP contribution in [0.1, 0.15) is 27.0 Å². The standard InChI is InChI=1S/C24H27N3O3S/c1-18-12-13-22(15-23(18)26-31(3,29)30)25-24(28)21-11-7-10-20(14-21)17-27(2)16-19-8-5-4-6-9-19/h4-15,26H,16-17H2,1-3H3,(H,25,28). The first-order valence-corrected chi connectivity index (χ1v) is 11.8. The molecular formula is C24H27N3O3S. The van der Waals surface area contributed by atoms with Gasteiger partial charge < -0.3 is 5.32 Å². The highest BCUT2D eigenvalue weighted by molar-refractivity contribution is 7.92. The summed E-state index contributed by atoms with van der Waals surface area (Å²) in [5.74, 6) is -0.248. The molecule has 1 amide bonds. The van der Waals surface area contributed by atoms with Gasteiger partial charge >= 0.3 is 0 Å². The summed E-state index contributed by atoms with van der Waals surface area (Å²) in [4.78, 5) is 15.0. The predicted octanol–water partition coefficient (Wildman–Crippen LogP) is 4.25. The zero-order valence-corrected chi connectivity index (χ0v) is 18.7. The van der Waals surface area contributed by atoms with E-state index in [4.69, 9.17) is 0 Å². The molecule has 3 rings (SSSR count). The van der Waals surface area contributed by atoms with Crippen LogP contribution in [0.25, 0.3) is 0 Å². The van der Waals surface area contributed by atoms with Crippen LogP contribution in [0.15, 0.2) is 72.8 Å². The highest BCUT2D eigenvalue weighted by atomic mass is 32.2. The minimum atomic E-state index is -3.40. The smallest absolute Gasteiger partial charge is 0.255 e. The maximum atomic E-state index is 12.8. The third-order valence-corrected chi connectivity index (χ3v) is 5.32. The highest BCUT2D eigenvalue weighted by Gasteiger charge is 2.11. The Morgan fingerprint density at radius 2 is 1.58 bits per heavy atom. The van der Waals surface area contributed by atoms with Gasteiger partial charge in [0.1, 0.15) is 0 Å². The van der Waals surface area contributed by atoms with Crippen LogP contribution < -0.4 is 10.0 Å². The largest absolute Gasteiger partial charge is 0.322 e. The maximum Gasteiger partial charge on any atom is 0.255 e. The van der Waals surface area contributed by atoms with Crippen LogP contribution in [0.4, 0.5) is 11.4 Å². The van der Waals surface area contributed by atoms with Crippen LogP contribution in [0, 0.1) is 6.92 Å². The predicted molar refractivity (Wildman–Crippen MR) is 126 cm³/mol. The Morgan fingerprint density at radius 3 is 2.29 bits per heavy atom. The second kappa shape index (κ2) is 9.76. The Morgan fingerprint density at radius 1 is 0.903 bits per heavy atom. The van der Waals surface area contributed by atoms with Gasteiger partial charge in [0, 0.05) is 24.3 Å². The van der Waals surface area contributed by atoms with Gasteiger partial charge in [0.15, 0.2) is 0 Å². The topological polar surface area (TPSA) is 78.5 Å². The van der Waals surface area contributed by atoms with Gasteiger partial charge in [0.05, 0.1) is 11.9 Å². The van der Waals surface area contributed by atoms with Crippen molar-refractivity contribution >= 4 is 27.3 Å². The van der Waals surface area contributed by atoms with Crippen molar-refractivity contribution in [1.82, 2.24) is 4.90 Å². The fourth-order valence-electron chi connectivity index (χ4n) is 3.29. The van der Waals surface area contributed by atoms with E-state index in [2.05, 4.69) is 27.1 Å². The van der Waals surface area contributed by atoms with E-state index in [0.29, 0.717) is 23.5 Å². The van der Waals surface area contributed by atoms with E-state index in [1.54, 1.807) is 31.2 Å². The minimum absolute atomic E-state index is 0.248. The lowest BCUT2D eigenvalue weighted by Gasteiger charge is -2.17. The second-order valence-corrected chi connectivity index (χ2v) is 9.46. The average Bonchev–Trinajstić information content (AvgIpc) is 2.70. The van der Waals surface area contributed by atoms with Crippen LogP contribution in [0.2, 0.25) is 0 Å². The molecule has 0 radical (unpaired) electrons. The molecule has 3 aromatic carbocycles. The van der Waals surface area contributed by atoms with Crippen LogP contribution in [0.3, 0.4) is 0 Å². The number of carbonyl (C=O) groups excluding carboxylic acids is 1. The first-order chi connectivity index (χ1) is 14.7. The van der Waals surface area contributed by atoms with E-state index in [1.165, 1.54) is 5.56 Å². The lowest BCUT2D eigenvalue weighted by atomic mass is 10.1. The van der Waals surface area contributed by atoms with Crippen molar-refractivity contribution in [2.45, 2.75) is 20.0 Å². The van der Waals surface area contributed by atoms with Crippen molar-refractivity contribution in [2.24, 2.45) is 0 Å². The van der Waals surface area contributed by atoms with Crippen molar-refractivity contribution in [3.8, 4) is 0 Å².